The highest BCUT2D eigenvalue weighted by Crippen LogP contribution is 2.45. The second kappa shape index (κ2) is 8.61. The van der Waals surface area contributed by atoms with Crippen LogP contribution in [0, 0.1) is 5.82 Å². The minimum atomic E-state index is -4.96. The van der Waals surface area contributed by atoms with E-state index in [9.17, 15) is 27.5 Å². The summed E-state index contributed by atoms with van der Waals surface area (Å²) in [5.41, 5.74) is -3.25. The molecule has 0 spiro atoms. The molecule has 1 aliphatic rings. The number of carbonyl (C=O) groups is 1. The number of fused-ring (bicyclic) bond motifs is 1. The van der Waals surface area contributed by atoms with Crippen LogP contribution < -0.4 is 14.5 Å². The van der Waals surface area contributed by atoms with E-state index in [1.165, 1.54) is 36.8 Å². The molecular formula is C23H26F4N2O3. The molecule has 0 aromatic heterocycles. The number of amides is 1. The van der Waals surface area contributed by atoms with Crippen LogP contribution in [0.5, 0.6) is 5.75 Å². The van der Waals surface area contributed by atoms with Gasteiger partial charge in [-0.3, -0.25) is 4.79 Å². The Kier molecular flexibility index (Phi) is 6.42. The maximum Gasteiger partial charge on any atom is 0.418 e. The van der Waals surface area contributed by atoms with Crippen LogP contribution in [-0.4, -0.2) is 50.0 Å². The zero-order valence-electron chi connectivity index (χ0n) is 18.1. The molecule has 9 heteroatoms. The van der Waals surface area contributed by atoms with Gasteiger partial charge in [-0.05, 0) is 42.2 Å². The number of nitrogens with zero attached hydrogens (tertiary/aromatic N) is 2. The van der Waals surface area contributed by atoms with Crippen LogP contribution in [-0.2, 0) is 10.2 Å². The standard InChI is InChI=1S/C23H26F4N2O3/c1-21(2,17-12-16(24)8-9-20(17)32-3)13-22(31,23(25,26)27)14-28-10-11-29(15-30)19-7-5-4-6-18(19)28/h4-9,12,15,31H,10-11,13-14H2,1-3H3. The van der Waals surface area contributed by atoms with Crippen molar-refractivity contribution in [2.24, 2.45) is 0 Å². The number of β-amino-alcohol motifs (C(OH)–C–C–N with tert-alkyl or cyclic N) is 1. The monoisotopic (exact) mass is 454 g/mol. The van der Waals surface area contributed by atoms with Crippen LogP contribution in [0.2, 0.25) is 0 Å². The lowest BCUT2D eigenvalue weighted by Gasteiger charge is -2.44. The maximum atomic E-state index is 14.2. The Labute approximate surface area is 184 Å². The summed E-state index contributed by atoms with van der Waals surface area (Å²) in [4.78, 5) is 14.2. The third-order valence-electron chi connectivity index (χ3n) is 5.88. The number of aliphatic hydroxyl groups is 1. The fourth-order valence-electron chi connectivity index (χ4n) is 4.31. The summed E-state index contributed by atoms with van der Waals surface area (Å²) in [7, 11) is 1.35. The normalized spacial score (nSPS) is 16.4. The lowest BCUT2D eigenvalue weighted by Crippen LogP contribution is -2.58. The molecule has 3 rings (SSSR count). The van der Waals surface area contributed by atoms with Crippen LogP contribution in [0.25, 0.3) is 0 Å². The van der Waals surface area contributed by atoms with Crippen molar-refractivity contribution in [2.75, 3.05) is 36.5 Å². The predicted molar refractivity (Wildman–Crippen MR) is 114 cm³/mol. The minimum Gasteiger partial charge on any atom is -0.496 e. The van der Waals surface area contributed by atoms with Crippen molar-refractivity contribution in [3.8, 4) is 5.75 Å². The molecule has 2 aromatic rings. The van der Waals surface area contributed by atoms with Gasteiger partial charge in [0.1, 0.15) is 11.6 Å². The van der Waals surface area contributed by atoms with E-state index in [1.54, 1.807) is 24.3 Å². The molecule has 1 aliphatic heterocycles. The molecule has 0 bridgehead atoms. The van der Waals surface area contributed by atoms with Crippen LogP contribution in [0.4, 0.5) is 28.9 Å². The van der Waals surface area contributed by atoms with Crippen molar-refractivity contribution in [1.29, 1.82) is 0 Å². The Morgan fingerprint density at radius 3 is 2.34 bits per heavy atom. The number of carbonyl (C=O) groups excluding carboxylic acids is 1. The zero-order chi connectivity index (χ0) is 23.7. The van der Waals surface area contributed by atoms with Gasteiger partial charge < -0.3 is 19.6 Å². The zero-order valence-corrected chi connectivity index (χ0v) is 18.1. The lowest BCUT2D eigenvalue weighted by molar-refractivity contribution is -0.262. The molecule has 1 N–H and O–H groups in total. The van der Waals surface area contributed by atoms with Gasteiger partial charge in [0.15, 0.2) is 5.60 Å². The van der Waals surface area contributed by atoms with E-state index in [4.69, 9.17) is 4.74 Å². The fraction of sp³-hybridized carbons (Fsp3) is 0.435. The topological polar surface area (TPSA) is 53.0 Å². The van der Waals surface area contributed by atoms with Crippen LogP contribution in [0.3, 0.4) is 0 Å². The van der Waals surface area contributed by atoms with Crippen molar-refractivity contribution in [3.63, 3.8) is 0 Å². The highest BCUT2D eigenvalue weighted by molar-refractivity contribution is 5.85. The summed E-state index contributed by atoms with van der Waals surface area (Å²) in [6.07, 6.45) is -5.05. The third kappa shape index (κ3) is 4.53. The van der Waals surface area contributed by atoms with Crippen molar-refractivity contribution >= 4 is 17.8 Å². The van der Waals surface area contributed by atoms with E-state index in [1.807, 2.05) is 0 Å². The first-order valence-corrected chi connectivity index (χ1v) is 10.1. The Morgan fingerprint density at radius 2 is 1.75 bits per heavy atom. The Balaban J connectivity index is 1.98. The van der Waals surface area contributed by atoms with Crippen LogP contribution >= 0.6 is 0 Å². The first-order chi connectivity index (χ1) is 14.9. The number of alkyl halides is 3. The highest BCUT2D eigenvalue weighted by Gasteiger charge is 2.57. The van der Waals surface area contributed by atoms with E-state index in [2.05, 4.69) is 0 Å². The number of rotatable bonds is 7. The molecule has 5 nitrogen and oxygen atoms in total. The minimum absolute atomic E-state index is 0.123. The third-order valence-corrected chi connectivity index (χ3v) is 5.88. The Hall–Kier alpha value is -2.81. The van der Waals surface area contributed by atoms with Gasteiger partial charge in [-0.2, -0.15) is 13.2 Å². The number of anilines is 2. The first-order valence-electron chi connectivity index (χ1n) is 10.1. The van der Waals surface area contributed by atoms with Crippen molar-refractivity contribution in [2.45, 2.75) is 37.5 Å². The number of hydrogen-bond donors (Lipinski definition) is 1. The SMILES string of the molecule is COc1ccc(F)cc1C(C)(C)CC(O)(CN1CCN(C=O)c2ccccc21)C(F)(F)F. The fourth-order valence-corrected chi connectivity index (χ4v) is 4.31. The van der Waals surface area contributed by atoms with E-state index in [0.29, 0.717) is 17.8 Å². The molecule has 32 heavy (non-hydrogen) atoms. The number of hydrogen-bond acceptors (Lipinski definition) is 4. The van der Waals surface area contributed by atoms with E-state index < -0.39 is 36.0 Å². The second-order valence-electron chi connectivity index (χ2n) is 8.64. The largest absolute Gasteiger partial charge is 0.496 e. The van der Waals surface area contributed by atoms with Gasteiger partial charge in [-0.25, -0.2) is 4.39 Å². The highest BCUT2D eigenvalue weighted by atomic mass is 19.4. The maximum absolute atomic E-state index is 14.2. The van der Waals surface area contributed by atoms with Gasteiger partial charge in [0.25, 0.3) is 0 Å². The summed E-state index contributed by atoms with van der Waals surface area (Å²) in [6, 6.07) is 10.3. The molecule has 0 radical (unpaired) electrons. The molecule has 1 unspecified atom stereocenters. The number of halogens is 4. The van der Waals surface area contributed by atoms with Crippen molar-refractivity contribution < 1.29 is 32.2 Å². The van der Waals surface area contributed by atoms with Crippen LogP contribution in [0.1, 0.15) is 25.8 Å². The van der Waals surface area contributed by atoms with E-state index in [-0.39, 0.29) is 24.4 Å². The van der Waals surface area contributed by atoms with Gasteiger partial charge in [-0.1, -0.05) is 26.0 Å². The van der Waals surface area contributed by atoms with E-state index in [0.717, 1.165) is 12.1 Å². The first kappa shape index (κ1) is 23.8. The number of benzene rings is 2. The summed E-state index contributed by atoms with van der Waals surface area (Å²) in [5, 5.41) is 11.0. The van der Waals surface area contributed by atoms with E-state index >= 15 is 0 Å². The van der Waals surface area contributed by atoms with Gasteiger partial charge >= 0.3 is 6.18 Å². The number of methoxy groups -OCH3 is 1. The Morgan fingerprint density at radius 1 is 1.09 bits per heavy atom. The molecule has 2 aromatic carbocycles. The molecule has 174 valence electrons. The number of ether oxygens (including phenoxy) is 1. The average Bonchev–Trinajstić information content (AvgIpc) is 2.73. The second-order valence-corrected chi connectivity index (χ2v) is 8.64. The van der Waals surface area contributed by atoms with Crippen LogP contribution in [0.15, 0.2) is 42.5 Å². The summed E-state index contributed by atoms with van der Waals surface area (Å²) in [5.74, 6) is -0.366. The summed E-state index contributed by atoms with van der Waals surface area (Å²) < 4.78 is 61.8. The van der Waals surface area contributed by atoms with Gasteiger partial charge in [0.05, 0.1) is 25.0 Å². The Bertz CT molecular complexity index is 980. The molecule has 1 atom stereocenters. The molecule has 1 heterocycles. The smallest absolute Gasteiger partial charge is 0.418 e. The van der Waals surface area contributed by atoms with Crippen molar-refractivity contribution in [3.05, 3.63) is 53.8 Å². The predicted octanol–water partition coefficient (Wildman–Crippen LogP) is 4.28. The quantitative estimate of drug-likeness (QED) is 0.501. The average molecular weight is 454 g/mol. The summed E-state index contributed by atoms with van der Waals surface area (Å²) in [6.45, 7) is 2.60. The number of para-hydroxylation sites is 2. The van der Waals surface area contributed by atoms with Crippen molar-refractivity contribution in [1.82, 2.24) is 0 Å². The molecule has 0 aliphatic carbocycles. The van der Waals surface area contributed by atoms with Gasteiger partial charge in [-0.15, -0.1) is 0 Å². The lowest BCUT2D eigenvalue weighted by atomic mass is 9.74. The van der Waals surface area contributed by atoms with Gasteiger partial charge in [0, 0.05) is 18.7 Å². The molecular weight excluding hydrogens is 428 g/mol. The molecule has 0 saturated heterocycles. The summed E-state index contributed by atoms with van der Waals surface area (Å²) >= 11 is 0. The molecule has 0 saturated carbocycles. The van der Waals surface area contributed by atoms with Gasteiger partial charge in [0.2, 0.25) is 6.41 Å². The molecule has 1 amide bonds. The molecule has 0 fully saturated rings.